The van der Waals surface area contributed by atoms with Gasteiger partial charge in [-0.3, -0.25) is 0 Å². The lowest BCUT2D eigenvalue weighted by Crippen LogP contribution is -2.51. The summed E-state index contributed by atoms with van der Waals surface area (Å²) in [5.74, 6) is -0.519. The molecule has 0 N–H and O–H groups in total. The van der Waals surface area contributed by atoms with Crippen LogP contribution >= 0.6 is 11.6 Å². The molecule has 0 radical (unpaired) electrons. The minimum atomic E-state index is -0.850. The van der Waals surface area contributed by atoms with Crippen molar-refractivity contribution in [1.29, 1.82) is 0 Å². The summed E-state index contributed by atoms with van der Waals surface area (Å²) in [6.07, 6.45) is -1.32. The molecule has 29 heavy (non-hydrogen) atoms. The van der Waals surface area contributed by atoms with Crippen molar-refractivity contribution in [3.8, 4) is 0 Å². The van der Waals surface area contributed by atoms with E-state index in [9.17, 15) is 0 Å². The average Bonchev–Trinajstić information content (AvgIpc) is 3.17. The molecule has 2 aliphatic rings. The Hall–Kier alpha value is -1.47. The van der Waals surface area contributed by atoms with Crippen LogP contribution in [-0.2, 0) is 36.9 Å². The van der Waals surface area contributed by atoms with E-state index in [0.29, 0.717) is 13.2 Å². The molecule has 2 saturated heterocycles. The molecule has 0 unspecified atom stereocenters. The van der Waals surface area contributed by atoms with Gasteiger partial charge < -0.3 is 23.7 Å². The molecule has 2 aromatic carbocycles. The lowest BCUT2D eigenvalue weighted by atomic mass is 9.97. The standard InChI is InChI=1S/C23H27ClO5/c1-22(2)27-19-20(26-14-18-11-7-4-8-12-18)23(15-24,29-21(19)28-22)16-25-13-17-9-5-3-6-10-17/h3-12,19-21H,13-16H2,1-2H3/t19-,20+,21+,23-/m1/s1. The van der Waals surface area contributed by atoms with E-state index in [1.807, 2.05) is 74.5 Å². The Morgan fingerprint density at radius 2 is 1.48 bits per heavy atom. The quantitative estimate of drug-likeness (QED) is 0.599. The van der Waals surface area contributed by atoms with Crippen LogP contribution in [0.25, 0.3) is 0 Å². The Labute approximate surface area is 176 Å². The van der Waals surface area contributed by atoms with E-state index >= 15 is 0 Å². The minimum Gasteiger partial charge on any atom is -0.374 e. The zero-order chi connectivity index (χ0) is 20.3. The Kier molecular flexibility index (Phi) is 6.25. The smallest absolute Gasteiger partial charge is 0.190 e. The molecule has 0 aromatic heterocycles. The monoisotopic (exact) mass is 418 g/mol. The molecule has 2 aliphatic heterocycles. The fraction of sp³-hybridized carbons (Fsp3) is 0.478. The molecule has 156 valence electrons. The highest BCUT2D eigenvalue weighted by Gasteiger charge is 2.62. The van der Waals surface area contributed by atoms with Gasteiger partial charge in [0.15, 0.2) is 12.1 Å². The number of hydrogen-bond donors (Lipinski definition) is 0. The van der Waals surface area contributed by atoms with Crippen LogP contribution in [0.3, 0.4) is 0 Å². The molecule has 2 fully saturated rings. The predicted octanol–water partition coefficient (Wildman–Crippen LogP) is 4.27. The fourth-order valence-electron chi connectivity index (χ4n) is 3.84. The van der Waals surface area contributed by atoms with E-state index < -0.39 is 23.8 Å². The first-order chi connectivity index (χ1) is 14.0. The van der Waals surface area contributed by atoms with Crippen LogP contribution in [0.2, 0.25) is 0 Å². The third-order valence-electron chi connectivity index (χ3n) is 5.21. The maximum Gasteiger partial charge on any atom is 0.190 e. The van der Waals surface area contributed by atoms with Gasteiger partial charge in [0.25, 0.3) is 0 Å². The first-order valence-corrected chi connectivity index (χ1v) is 10.4. The van der Waals surface area contributed by atoms with E-state index in [1.54, 1.807) is 0 Å². The normalized spacial score (nSPS) is 30.4. The molecule has 0 saturated carbocycles. The highest BCUT2D eigenvalue weighted by molar-refractivity contribution is 6.18. The van der Waals surface area contributed by atoms with Crippen molar-refractivity contribution in [3.63, 3.8) is 0 Å². The van der Waals surface area contributed by atoms with Gasteiger partial charge in [0.1, 0.15) is 17.8 Å². The Morgan fingerprint density at radius 1 is 0.862 bits per heavy atom. The molecule has 0 amide bonds. The van der Waals surface area contributed by atoms with Gasteiger partial charge in [0.2, 0.25) is 0 Å². The summed E-state index contributed by atoms with van der Waals surface area (Å²) in [6.45, 7) is 4.93. The van der Waals surface area contributed by atoms with Crippen molar-refractivity contribution in [2.24, 2.45) is 0 Å². The molecule has 0 spiro atoms. The molecule has 4 rings (SSSR count). The highest BCUT2D eigenvalue weighted by Crippen LogP contribution is 2.44. The van der Waals surface area contributed by atoms with Gasteiger partial charge in [0.05, 0.1) is 25.7 Å². The molecule has 0 bridgehead atoms. The topological polar surface area (TPSA) is 46.2 Å². The van der Waals surface area contributed by atoms with Gasteiger partial charge >= 0.3 is 0 Å². The molecule has 2 heterocycles. The molecule has 6 heteroatoms. The summed E-state index contributed by atoms with van der Waals surface area (Å²) in [5.41, 5.74) is 1.31. The maximum absolute atomic E-state index is 6.41. The van der Waals surface area contributed by atoms with Gasteiger partial charge in [-0.2, -0.15) is 0 Å². The summed E-state index contributed by atoms with van der Waals surface area (Å²) in [6, 6.07) is 20.0. The second kappa shape index (κ2) is 8.72. The second-order valence-corrected chi connectivity index (χ2v) is 8.25. The van der Waals surface area contributed by atoms with Crippen molar-refractivity contribution in [1.82, 2.24) is 0 Å². The molecular weight excluding hydrogens is 392 g/mol. The molecular formula is C23H27ClO5. The van der Waals surface area contributed by atoms with Crippen LogP contribution in [0.4, 0.5) is 0 Å². The van der Waals surface area contributed by atoms with Crippen molar-refractivity contribution in [2.45, 2.75) is 56.9 Å². The number of rotatable bonds is 8. The molecule has 2 aromatic rings. The number of fused-ring (bicyclic) bond motifs is 1. The van der Waals surface area contributed by atoms with Crippen molar-refractivity contribution in [2.75, 3.05) is 12.5 Å². The lowest BCUT2D eigenvalue weighted by molar-refractivity contribution is -0.249. The first-order valence-electron chi connectivity index (χ1n) is 9.88. The van der Waals surface area contributed by atoms with Crippen molar-refractivity contribution < 1.29 is 23.7 Å². The SMILES string of the molecule is CC1(C)O[C@H]2O[C@](CCl)(COCc3ccccc3)[C@@H](OCc3ccccc3)[C@H]2O1. The van der Waals surface area contributed by atoms with Crippen LogP contribution in [0.15, 0.2) is 60.7 Å². The zero-order valence-corrected chi connectivity index (χ0v) is 17.5. The summed E-state index contributed by atoms with van der Waals surface area (Å²) >= 11 is 6.41. The fourth-order valence-corrected chi connectivity index (χ4v) is 4.13. The van der Waals surface area contributed by atoms with Gasteiger partial charge in [-0.1, -0.05) is 60.7 Å². The number of benzene rings is 2. The third-order valence-corrected chi connectivity index (χ3v) is 5.66. The minimum absolute atomic E-state index is 0.210. The van der Waals surface area contributed by atoms with Gasteiger partial charge in [-0.25, -0.2) is 0 Å². The summed E-state index contributed by atoms with van der Waals surface area (Å²) in [5, 5.41) is 0. The Bertz CT molecular complexity index is 784. The molecule has 4 atom stereocenters. The maximum atomic E-state index is 6.41. The van der Waals surface area contributed by atoms with Crippen LogP contribution in [0.5, 0.6) is 0 Å². The van der Waals surface area contributed by atoms with E-state index in [2.05, 4.69) is 0 Å². The van der Waals surface area contributed by atoms with Gasteiger partial charge in [-0.05, 0) is 25.0 Å². The summed E-state index contributed by atoms with van der Waals surface area (Å²) in [7, 11) is 0. The van der Waals surface area contributed by atoms with E-state index in [4.69, 9.17) is 35.3 Å². The lowest BCUT2D eigenvalue weighted by Gasteiger charge is -2.35. The number of hydrogen-bond acceptors (Lipinski definition) is 5. The predicted molar refractivity (Wildman–Crippen MR) is 109 cm³/mol. The zero-order valence-electron chi connectivity index (χ0n) is 16.8. The van der Waals surface area contributed by atoms with Crippen LogP contribution in [-0.4, -0.2) is 42.4 Å². The van der Waals surface area contributed by atoms with Crippen LogP contribution < -0.4 is 0 Å². The number of alkyl halides is 1. The third kappa shape index (κ3) is 4.66. The number of ether oxygens (including phenoxy) is 5. The Morgan fingerprint density at radius 3 is 2.10 bits per heavy atom. The van der Waals surface area contributed by atoms with Gasteiger partial charge in [0, 0.05) is 0 Å². The van der Waals surface area contributed by atoms with Crippen LogP contribution in [0.1, 0.15) is 25.0 Å². The second-order valence-electron chi connectivity index (χ2n) is 7.98. The highest BCUT2D eigenvalue weighted by atomic mass is 35.5. The van der Waals surface area contributed by atoms with E-state index in [0.717, 1.165) is 11.1 Å². The average molecular weight is 419 g/mol. The Balaban J connectivity index is 1.48. The summed E-state index contributed by atoms with van der Waals surface area (Å²) < 4.78 is 30.6. The number of halogens is 1. The van der Waals surface area contributed by atoms with E-state index in [-0.39, 0.29) is 18.6 Å². The first kappa shape index (κ1) is 20.8. The molecule has 0 aliphatic carbocycles. The van der Waals surface area contributed by atoms with Gasteiger partial charge in [-0.15, -0.1) is 11.6 Å². The van der Waals surface area contributed by atoms with Crippen molar-refractivity contribution in [3.05, 3.63) is 71.8 Å². The molecule has 5 nitrogen and oxygen atoms in total. The van der Waals surface area contributed by atoms with Crippen molar-refractivity contribution >= 4 is 11.6 Å². The summed E-state index contributed by atoms with van der Waals surface area (Å²) in [4.78, 5) is 0. The largest absolute Gasteiger partial charge is 0.374 e. The van der Waals surface area contributed by atoms with E-state index in [1.165, 1.54) is 0 Å². The van der Waals surface area contributed by atoms with Crippen LogP contribution in [0, 0.1) is 0 Å².